The summed E-state index contributed by atoms with van der Waals surface area (Å²) >= 11 is 0. The van der Waals surface area contributed by atoms with Crippen LogP contribution in [0.4, 0.5) is 38.1 Å². The zero-order chi connectivity index (χ0) is 22.6. The molecule has 0 saturated carbocycles. The molecule has 0 radical (unpaired) electrons. The highest BCUT2D eigenvalue weighted by molar-refractivity contribution is 5.83. The number of nitrogens with two attached hydrogens (primary N) is 2. The number of anilines is 2. The summed E-state index contributed by atoms with van der Waals surface area (Å²) in [6.07, 6.45) is -9.28. The molecule has 6 nitrogen and oxygen atoms in total. The molecule has 31 heavy (non-hydrogen) atoms. The Morgan fingerprint density at radius 1 is 0.742 bits per heavy atom. The van der Waals surface area contributed by atoms with Gasteiger partial charge in [-0.05, 0) is 24.3 Å². The second-order valence-corrected chi connectivity index (χ2v) is 6.56. The predicted octanol–water partition coefficient (Wildman–Crippen LogP) is 4.66. The third-order valence-electron chi connectivity index (χ3n) is 4.45. The fraction of sp³-hybridized carbons (Fsp3) is 0.105. The minimum Gasteiger partial charge on any atom is -0.381 e. The number of benzene rings is 2. The van der Waals surface area contributed by atoms with Gasteiger partial charge in [-0.1, -0.05) is 24.3 Å². The van der Waals surface area contributed by atoms with Gasteiger partial charge in [-0.3, -0.25) is 0 Å². The van der Waals surface area contributed by atoms with Gasteiger partial charge in [-0.25, -0.2) is 9.50 Å². The number of fused-ring (bicyclic) bond motifs is 1. The van der Waals surface area contributed by atoms with Gasteiger partial charge < -0.3 is 11.5 Å². The highest BCUT2D eigenvalue weighted by Crippen LogP contribution is 2.38. The molecule has 2 aromatic heterocycles. The van der Waals surface area contributed by atoms with Crippen LogP contribution in [0.3, 0.4) is 0 Å². The first-order valence-electron chi connectivity index (χ1n) is 8.62. The molecule has 0 aliphatic rings. The number of aromatic nitrogens is 4. The summed E-state index contributed by atoms with van der Waals surface area (Å²) in [5.41, 5.74) is 9.36. The molecular formula is C19H12F6N6. The molecule has 0 amide bonds. The van der Waals surface area contributed by atoms with Crippen molar-refractivity contribution in [3.63, 3.8) is 0 Å². The number of hydrogen-bond acceptors (Lipinski definition) is 5. The van der Waals surface area contributed by atoms with Gasteiger partial charge in [-0.15, -0.1) is 5.10 Å². The summed E-state index contributed by atoms with van der Waals surface area (Å²) in [5.74, 6) is -0.435. The van der Waals surface area contributed by atoms with Crippen molar-refractivity contribution in [1.82, 2.24) is 19.6 Å². The highest BCUT2D eigenvalue weighted by Gasteiger charge is 2.32. The fourth-order valence-electron chi connectivity index (χ4n) is 3.12. The van der Waals surface area contributed by atoms with Crippen LogP contribution in [0.25, 0.3) is 28.2 Å². The molecule has 0 unspecified atom stereocenters. The summed E-state index contributed by atoms with van der Waals surface area (Å²) in [4.78, 5) is 8.03. The van der Waals surface area contributed by atoms with E-state index in [1.165, 1.54) is 12.1 Å². The normalized spacial score (nSPS) is 12.5. The molecule has 0 atom stereocenters. The first-order valence-corrected chi connectivity index (χ1v) is 8.62. The van der Waals surface area contributed by atoms with Crippen LogP contribution < -0.4 is 11.5 Å². The molecule has 160 valence electrons. The van der Waals surface area contributed by atoms with E-state index < -0.39 is 23.5 Å². The molecule has 4 rings (SSSR count). The van der Waals surface area contributed by atoms with Crippen molar-refractivity contribution in [2.45, 2.75) is 12.4 Å². The Hall–Kier alpha value is -3.83. The number of rotatable bonds is 2. The first-order chi connectivity index (χ1) is 14.4. The Labute approximate surface area is 170 Å². The van der Waals surface area contributed by atoms with Crippen LogP contribution in [0.1, 0.15) is 11.1 Å². The van der Waals surface area contributed by atoms with Gasteiger partial charge >= 0.3 is 12.4 Å². The molecule has 2 aromatic carbocycles. The minimum absolute atomic E-state index is 0.00960. The van der Waals surface area contributed by atoms with Crippen LogP contribution in [0, 0.1) is 0 Å². The Morgan fingerprint density at radius 2 is 1.29 bits per heavy atom. The second-order valence-electron chi connectivity index (χ2n) is 6.56. The highest BCUT2D eigenvalue weighted by atomic mass is 19.4. The van der Waals surface area contributed by atoms with Crippen LogP contribution in [0.5, 0.6) is 0 Å². The van der Waals surface area contributed by atoms with Crippen molar-refractivity contribution in [2.75, 3.05) is 11.5 Å². The van der Waals surface area contributed by atoms with Crippen molar-refractivity contribution in [3.8, 4) is 22.5 Å². The van der Waals surface area contributed by atoms with Crippen molar-refractivity contribution in [1.29, 1.82) is 0 Å². The SMILES string of the molecule is Nc1nc2c(N)nc(-c3cccc(C(F)(F)F)c3)c(-c3cccc(C(F)(F)F)c3)n2n1. The molecule has 0 spiro atoms. The number of nitrogens with zero attached hydrogens (tertiary/aromatic N) is 4. The average molecular weight is 438 g/mol. The van der Waals surface area contributed by atoms with E-state index in [0.717, 1.165) is 40.9 Å². The zero-order valence-corrected chi connectivity index (χ0v) is 15.3. The Morgan fingerprint density at radius 3 is 1.87 bits per heavy atom. The Balaban J connectivity index is 2.06. The van der Waals surface area contributed by atoms with E-state index in [1.807, 2.05) is 0 Å². The maximum Gasteiger partial charge on any atom is 0.416 e. The molecule has 0 aliphatic carbocycles. The zero-order valence-electron chi connectivity index (χ0n) is 15.3. The summed E-state index contributed by atoms with van der Waals surface area (Å²) in [7, 11) is 0. The monoisotopic (exact) mass is 438 g/mol. The van der Waals surface area contributed by atoms with Gasteiger partial charge in [0.15, 0.2) is 5.82 Å². The van der Waals surface area contributed by atoms with E-state index in [0.29, 0.717) is 0 Å². The average Bonchev–Trinajstić information content (AvgIpc) is 3.08. The standard InChI is InChI=1S/C19H12F6N6/c20-18(21,22)11-5-1-3-9(7-11)13-14(10-4-2-6-12(8-10)19(23,24)25)31-16(15(26)28-13)29-17(27)30-31/h1-8H,(H2,26,28)(H2,27,30). The maximum atomic E-state index is 13.3. The minimum atomic E-state index is -4.64. The second kappa shape index (κ2) is 6.86. The molecule has 2 heterocycles. The molecule has 0 aliphatic heterocycles. The lowest BCUT2D eigenvalue weighted by molar-refractivity contribution is -0.138. The number of hydrogen-bond donors (Lipinski definition) is 2. The summed E-state index contributed by atoms with van der Waals surface area (Å²) in [6, 6.07) is 8.39. The number of nitrogen functional groups attached to an aromatic ring is 2. The summed E-state index contributed by atoms with van der Waals surface area (Å²) in [5, 5.41) is 3.96. The smallest absolute Gasteiger partial charge is 0.381 e. The van der Waals surface area contributed by atoms with Gasteiger partial charge in [0.25, 0.3) is 0 Å². The molecule has 4 N–H and O–H groups in total. The molecule has 0 bridgehead atoms. The van der Waals surface area contributed by atoms with Crippen molar-refractivity contribution in [2.24, 2.45) is 0 Å². The summed E-state index contributed by atoms with van der Waals surface area (Å²) in [6.45, 7) is 0. The third-order valence-corrected chi connectivity index (χ3v) is 4.45. The molecule has 12 heteroatoms. The Kier molecular flexibility index (Phi) is 4.52. The van der Waals surface area contributed by atoms with Crippen LogP contribution in [0.15, 0.2) is 48.5 Å². The van der Waals surface area contributed by atoms with Gasteiger partial charge in [0.1, 0.15) is 5.69 Å². The van der Waals surface area contributed by atoms with E-state index >= 15 is 0 Å². The van der Waals surface area contributed by atoms with Crippen LogP contribution in [-0.4, -0.2) is 19.6 Å². The van der Waals surface area contributed by atoms with E-state index in [-0.39, 0.29) is 39.9 Å². The third kappa shape index (κ3) is 3.71. The van der Waals surface area contributed by atoms with Crippen LogP contribution >= 0.6 is 0 Å². The van der Waals surface area contributed by atoms with E-state index in [9.17, 15) is 26.3 Å². The van der Waals surface area contributed by atoms with Crippen LogP contribution in [-0.2, 0) is 12.4 Å². The van der Waals surface area contributed by atoms with Crippen molar-refractivity contribution >= 4 is 17.4 Å². The van der Waals surface area contributed by atoms with Gasteiger partial charge in [-0.2, -0.15) is 31.3 Å². The lowest BCUT2D eigenvalue weighted by Crippen LogP contribution is -2.08. The topological polar surface area (TPSA) is 95.1 Å². The number of alkyl halides is 6. The molecule has 0 fully saturated rings. The predicted molar refractivity (Wildman–Crippen MR) is 100 cm³/mol. The molecule has 4 aromatic rings. The van der Waals surface area contributed by atoms with Crippen LogP contribution in [0.2, 0.25) is 0 Å². The fourth-order valence-corrected chi connectivity index (χ4v) is 3.12. The lowest BCUT2D eigenvalue weighted by Gasteiger charge is -2.15. The van der Waals surface area contributed by atoms with E-state index in [1.54, 1.807) is 0 Å². The quantitative estimate of drug-likeness (QED) is 0.444. The summed E-state index contributed by atoms with van der Waals surface area (Å²) < 4.78 is 80.5. The Bertz CT molecular complexity index is 1290. The van der Waals surface area contributed by atoms with E-state index in [2.05, 4.69) is 15.1 Å². The molecular weight excluding hydrogens is 426 g/mol. The largest absolute Gasteiger partial charge is 0.416 e. The van der Waals surface area contributed by atoms with Gasteiger partial charge in [0, 0.05) is 11.1 Å². The van der Waals surface area contributed by atoms with Crippen molar-refractivity contribution < 1.29 is 26.3 Å². The lowest BCUT2D eigenvalue weighted by atomic mass is 10.0. The maximum absolute atomic E-state index is 13.3. The van der Waals surface area contributed by atoms with Crippen molar-refractivity contribution in [3.05, 3.63) is 59.7 Å². The van der Waals surface area contributed by atoms with Gasteiger partial charge in [0.05, 0.1) is 16.8 Å². The number of halogens is 6. The van der Waals surface area contributed by atoms with E-state index in [4.69, 9.17) is 11.5 Å². The first kappa shape index (κ1) is 20.4. The van der Waals surface area contributed by atoms with Gasteiger partial charge in [0.2, 0.25) is 11.6 Å². The molecule has 0 saturated heterocycles.